The van der Waals surface area contributed by atoms with Crippen LogP contribution in [-0.2, 0) is 6.54 Å². The highest BCUT2D eigenvalue weighted by molar-refractivity contribution is 5.42. The van der Waals surface area contributed by atoms with Crippen molar-refractivity contribution in [1.29, 1.82) is 0 Å². The smallest absolute Gasteiger partial charge is 0.126 e. The van der Waals surface area contributed by atoms with Gasteiger partial charge in [0, 0.05) is 24.6 Å². The minimum atomic E-state index is 0.0574. The summed E-state index contributed by atoms with van der Waals surface area (Å²) in [6.07, 6.45) is 3.63. The van der Waals surface area contributed by atoms with Gasteiger partial charge < -0.3 is 10.1 Å². The molecular formula is C22H24N2O. The SMILES string of the molecule is CC(C)C(Oc1ccc(CNc2ccncc2)cc1)c1ccccc1. The molecule has 0 fully saturated rings. The molecule has 0 spiro atoms. The van der Waals surface area contributed by atoms with E-state index < -0.39 is 0 Å². The van der Waals surface area contributed by atoms with Gasteiger partial charge in [0.05, 0.1) is 0 Å². The quantitative estimate of drug-likeness (QED) is 0.623. The molecule has 0 saturated carbocycles. The third kappa shape index (κ3) is 4.83. The topological polar surface area (TPSA) is 34.1 Å². The van der Waals surface area contributed by atoms with Crippen LogP contribution >= 0.6 is 0 Å². The van der Waals surface area contributed by atoms with E-state index in [1.54, 1.807) is 12.4 Å². The fourth-order valence-electron chi connectivity index (χ4n) is 2.74. The number of rotatable bonds is 7. The summed E-state index contributed by atoms with van der Waals surface area (Å²) >= 11 is 0. The van der Waals surface area contributed by atoms with Gasteiger partial charge in [0.2, 0.25) is 0 Å². The van der Waals surface area contributed by atoms with Crippen LogP contribution < -0.4 is 10.1 Å². The van der Waals surface area contributed by atoms with Gasteiger partial charge >= 0.3 is 0 Å². The zero-order valence-electron chi connectivity index (χ0n) is 14.7. The van der Waals surface area contributed by atoms with Crippen molar-refractivity contribution in [3.63, 3.8) is 0 Å². The molecule has 1 aromatic heterocycles. The number of hydrogen-bond donors (Lipinski definition) is 1. The maximum absolute atomic E-state index is 6.25. The maximum Gasteiger partial charge on any atom is 0.126 e. The Morgan fingerprint density at radius 3 is 2.20 bits per heavy atom. The van der Waals surface area contributed by atoms with Crippen molar-refractivity contribution in [2.75, 3.05) is 5.32 Å². The number of pyridine rings is 1. The number of nitrogens with one attached hydrogen (secondary N) is 1. The fourth-order valence-corrected chi connectivity index (χ4v) is 2.74. The molecule has 3 nitrogen and oxygen atoms in total. The predicted molar refractivity (Wildman–Crippen MR) is 103 cm³/mol. The van der Waals surface area contributed by atoms with Crippen molar-refractivity contribution in [3.8, 4) is 5.75 Å². The van der Waals surface area contributed by atoms with Crippen molar-refractivity contribution >= 4 is 5.69 Å². The Morgan fingerprint density at radius 1 is 0.880 bits per heavy atom. The molecule has 0 saturated heterocycles. The molecule has 0 aliphatic carbocycles. The summed E-state index contributed by atoms with van der Waals surface area (Å²) in [6.45, 7) is 5.14. The standard InChI is InChI=1S/C22H24N2O/c1-17(2)22(19-6-4-3-5-7-19)25-21-10-8-18(9-11-21)16-24-20-12-14-23-15-13-20/h3-15,17,22H,16H2,1-2H3,(H,23,24). The van der Waals surface area contributed by atoms with E-state index in [0.29, 0.717) is 5.92 Å². The first-order chi connectivity index (χ1) is 12.2. The van der Waals surface area contributed by atoms with E-state index in [2.05, 4.69) is 60.5 Å². The van der Waals surface area contributed by atoms with Gasteiger partial charge in [-0.15, -0.1) is 0 Å². The molecule has 0 aliphatic heterocycles. The van der Waals surface area contributed by atoms with E-state index in [0.717, 1.165) is 18.0 Å². The molecular weight excluding hydrogens is 308 g/mol. The summed E-state index contributed by atoms with van der Waals surface area (Å²) < 4.78 is 6.25. The number of hydrogen-bond acceptors (Lipinski definition) is 3. The van der Waals surface area contributed by atoms with Crippen molar-refractivity contribution in [1.82, 2.24) is 4.98 Å². The molecule has 0 amide bonds. The van der Waals surface area contributed by atoms with Gasteiger partial charge in [-0.05, 0) is 41.3 Å². The second-order valence-corrected chi connectivity index (χ2v) is 6.43. The van der Waals surface area contributed by atoms with Crippen LogP contribution in [0.1, 0.15) is 31.1 Å². The van der Waals surface area contributed by atoms with Gasteiger partial charge in [0.15, 0.2) is 0 Å². The van der Waals surface area contributed by atoms with E-state index in [-0.39, 0.29) is 6.10 Å². The molecule has 3 heteroatoms. The summed E-state index contributed by atoms with van der Waals surface area (Å²) in [4.78, 5) is 4.02. The molecule has 1 N–H and O–H groups in total. The predicted octanol–water partition coefficient (Wildman–Crippen LogP) is 5.47. The Kier molecular flexibility index (Phi) is 5.68. The molecule has 1 atom stereocenters. The minimum absolute atomic E-state index is 0.0574. The Hall–Kier alpha value is -2.81. The first-order valence-corrected chi connectivity index (χ1v) is 8.67. The zero-order chi connectivity index (χ0) is 17.5. The van der Waals surface area contributed by atoms with Gasteiger partial charge in [0.1, 0.15) is 11.9 Å². The van der Waals surface area contributed by atoms with Crippen molar-refractivity contribution in [3.05, 3.63) is 90.3 Å². The lowest BCUT2D eigenvalue weighted by Crippen LogP contribution is -2.14. The average Bonchev–Trinajstić information content (AvgIpc) is 2.66. The Bertz CT molecular complexity index is 755. The number of ether oxygens (including phenoxy) is 1. The van der Waals surface area contributed by atoms with Crippen molar-refractivity contribution in [2.45, 2.75) is 26.5 Å². The van der Waals surface area contributed by atoms with Gasteiger partial charge in [-0.3, -0.25) is 4.98 Å². The third-order valence-electron chi connectivity index (χ3n) is 4.10. The van der Waals surface area contributed by atoms with Crippen LogP contribution in [0.4, 0.5) is 5.69 Å². The molecule has 3 aromatic rings. The lowest BCUT2D eigenvalue weighted by atomic mass is 9.99. The Morgan fingerprint density at radius 2 is 1.56 bits per heavy atom. The summed E-state index contributed by atoms with van der Waals surface area (Å²) in [5, 5.41) is 3.38. The minimum Gasteiger partial charge on any atom is -0.485 e. The molecule has 0 aliphatic rings. The highest BCUT2D eigenvalue weighted by Gasteiger charge is 2.17. The van der Waals surface area contributed by atoms with Crippen LogP contribution in [0.25, 0.3) is 0 Å². The van der Waals surface area contributed by atoms with Gasteiger partial charge in [-0.1, -0.05) is 56.3 Å². The van der Waals surface area contributed by atoms with Gasteiger partial charge in [0.25, 0.3) is 0 Å². The van der Waals surface area contributed by atoms with E-state index in [1.165, 1.54) is 11.1 Å². The Labute approximate surface area is 149 Å². The number of nitrogens with zero attached hydrogens (tertiary/aromatic N) is 1. The van der Waals surface area contributed by atoms with E-state index in [9.17, 15) is 0 Å². The van der Waals surface area contributed by atoms with E-state index >= 15 is 0 Å². The van der Waals surface area contributed by atoms with Crippen LogP contribution in [0.5, 0.6) is 5.75 Å². The number of aromatic nitrogens is 1. The lowest BCUT2D eigenvalue weighted by Gasteiger charge is -2.23. The normalized spacial score (nSPS) is 12.0. The van der Waals surface area contributed by atoms with Crippen LogP contribution in [0.3, 0.4) is 0 Å². The molecule has 2 aromatic carbocycles. The monoisotopic (exact) mass is 332 g/mol. The maximum atomic E-state index is 6.25. The molecule has 1 unspecified atom stereocenters. The second-order valence-electron chi connectivity index (χ2n) is 6.43. The summed E-state index contributed by atoms with van der Waals surface area (Å²) in [6, 6.07) is 22.6. The second kappa shape index (κ2) is 8.34. The molecule has 3 rings (SSSR count). The van der Waals surface area contributed by atoms with Gasteiger partial charge in [-0.25, -0.2) is 0 Å². The van der Waals surface area contributed by atoms with E-state index in [4.69, 9.17) is 4.74 Å². The third-order valence-corrected chi connectivity index (χ3v) is 4.10. The fraction of sp³-hybridized carbons (Fsp3) is 0.227. The lowest BCUT2D eigenvalue weighted by molar-refractivity contribution is 0.153. The summed E-state index contributed by atoms with van der Waals surface area (Å²) in [5.74, 6) is 1.30. The summed E-state index contributed by atoms with van der Waals surface area (Å²) in [5.41, 5.74) is 3.49. The first kappa shape index (κ1) is 17.0. The van der Waals surface area contributed by atoms with Crippen LogP contribution in [0, 0.1) is 5.92 Å². The molecule has 1 heterocycles. The zero-order valence-corrected chi connectivity index (χ0v) is 14.7. The molecule has 25 heavy (non-hydrogen) atoms. The summed E-state index contributed by atoms with van der Waals surface area (Å²) in [7, 11) is 0. The van der Waals surface area contributed by atoms with Crippen LogP contribution in [0.15, 0.2) is 79.1 Å². The highest BCUT2D eigenvalue weighted by Crippen LogP contribution is 2.28. The first-order valence-electron chi connectivity index (χ1n) is 8.67. The van der Waals surface area contributed by atoms with Crippen LogP contribution in [-0.4, -0.2) is 4.98 Å². The number of anilines is 1. The average molecular weight is 332 g/mol. The number of benzene rings is 2. The molecule has 0 radical (unpaired) electrons. The van der Waals surface area contributed by atoms with Crippen molar-refractivity contribution in [2.24, 2.45) is 5.92 Å². The van der Waals surface area contributed by atoms with Gasteiger partial charge in [-0.2, -0.15) is 0 Å². The molecule has 128 valence electrons. The molecule has 0 bridgehead atoms. The highest BCUT2D eigenvalue weighted by atomic mass is 16.5. The largest absolute Gasteiger partial charge is 0.485 e. The Balaban J connectivity index is 1.63. The van der Waals surface area contributed by atoms with Crippen molar-refractivity contribution < 1.29 is 4.74 Å². The van der Waals surface area contributed by atoms with E-state index in [1.807, 2.05) is 30.3 Å². The van der Waals surface area contributed by atoms with Crippen LogP contribution in [0.2, 0.25) is 0 Å².